The van der Waals surface area contributed by atoms with E-state index < -0.39 is 6.10 Å². The Labute approximate surface area is 67.9 Å². The molecule has 3 nitrogen and oxygen atoms in total. The van der Waals surface area contributed by atoms with Crippen LogP contribution in [0.1, 0.15) is 39.0 Å². The Bertz CT molecular complexity index is 75.7. The van der Waals surface area contributed by atoms with E-state index in [4.69, 9.17) is 10.4 Å². The standard InChI is InChI=1S/C8H18O3/c1-2-3-4-5-6-8(9)7-11-10/h8-10H,2-7H2,1H3. The number of unbranched alkanes of at least 4 members (excludes halogenated alkanes) is 3. The van der Waals surface area contributed by atoms with Crippen LogP contribution < -0.4 is 0 Å². The van der Waals surface area contributed by atoms with Crippen LogP contribution in [0.3, 0.4) is 0 Å². The molecule has 11 heavy (non-hydrogen) atoms. The van der Waals surface area contributed by atoms with Crippen molar-refractivity contribution < 1.29 is 15.3 Å². The van der Waals surface area contributed by atoms with Gasteiger partial charge in [0.15, 0.2) is 0 Å². The summed E-state index contributed by atoms with van der Waals surface area (Å²) in [7, 11) is 0. The maximum atomic E-state index is 9.06. The van der Waals surface area contributed by atoms with Gasteiger partial charge >= 0.3 is 0 Å². The Morgan fingerprint density at radius 3 is 2.55 bits per heavy atom. The van der Waals surface area contributed by atoms with E-state index in [2.05, 4.69) is 11.8 Å². The van der Waals surface area contributed by atoms with Gasteiger partial charge in [-0.05, 0) is 6.42 Å². The fraction of sp³-hybridized carbons (Fsp3) is 1.00. The largest absolute Gasteiger partial charge is 0.391 e. The molecule has 2 N–H and O–H groups in total. The van der Waals surface area contributed by atoms with E-state index in [9.17, 15) is 0 Å². The van der Waals surface area contributed by atoms with Crippen molar-refractivity contribution >= 4 is 0 Å². The fourth-order valence-electron chi connectivity index (χ4n) is 0.976. The molecule has 0 amide bonds. The fourth-order valence-corrected chi connectivity index (χ4v) is 0.976. The highest BCUT2D eigenvalue weighted by Crippen LogP contribution is 2.05. The molecule has 68 valence electrons. The predicted molar refractivity (Wildman–Crippen MR) is 43.3 cm³/mol. The zero-order chi connectivity index (χ0) is 8.53. The summed E-state index contributed by atoms with van der Waals surface area (Å²) in [6, 6.07) is 0. The number of hydrogen-bond donors (Lipinski definition) is 2. The molecule has 0 saturated carbocycles. The molecule has 0 aliphatic heterocycles. The van der Waals surface area contributed by atoms with Gasteiger partial charge in [-0.3, -0.25) is 5.26 Å². The van der Waals surface area contributed by atoms with Crippen molar-refractivity contribution in [2.45, 2.75) is 45.1 Å². The third-order valence-corrected chi connectivity index (χ3v) is 1.66. The van der Waals surface area contributed by atoms with Crippen LogP contribution in [-0.2, 0) is 4.89 Å². The van der Waals surface area contributed by atoms with Crippen LogP contribution in [-0.4, -0.2) is 23.1 Å². The van der Waals surface area contributed by atoms with Crippen LogP contribution in [0.5, 0.6) is 0 Å². The first kappa shape index (κ1) is 10.9. The lowest BCUT2D eigenvalue weighted by Crippen LogP contribution is -2.13. The molecule has 0 aliphatic rings. The molecular weight excluding hydrogens is 144 g/mol. The molecule has 0 aromatic carbocycles. The Morgan fingerprint density at radius 2 is 2.00 bits per heavy atom. The molecule has 0 aromatic rings. The summed E-state index contributed by atoms with van der Waals surface area (Å²) in [5.41, 5.74) is 0. The number of rotatable bonds is 7. The van der Waals surface area contributed by atoms with E-state index in [1.807, 2.05) is 0 Å². The Balaban J connectivity index is 2.97. The van der Waals surface area contributed by atoms with Gasteiger partial charge in [0.2, 0.25) is 0 Å². The lowest BCUT2D eigenvalue weighted by atomic mass is 10.1. The second-order valence-electron chi connectivity index (χ2n) is 2.80. The minimum absolute atomic E-state index is 0.0339. The van der Waals surface area contributed by atoms with Crippen molar-refractivity contribution in [3.05, 3.63) is 0 Å². The summed E-state index contributed by atoms with van der Waals surface area (Å²) in [5, 5.41) is 17.0. The molecule has 0 aliphatic carbocycles. The average Bonchev–Trinajstić information content (AvgIpc) is 1.99. The van der Waals surface area contributed by atoms with Crippen molar-refractivity contribution in [3.8, 4) is 0 Å². The first-order chi connectivity index (χ1) is 5.31. The third kappa shape index (κ3) is 7.78. The molecule has 0 aromatic heterocycles. The summed E-state index contributed by atoms with van der Waals surface area (Å²) in [4.78, 5) is 3.81. The zero-order valence-corrected chi connectivity index (χ0v) is 7.12. The molecule has 0 heterocycles. The van der Waals surface area contributed by atoms with Gasteiger partial charge in [0, 0.05) is 0 Å². The van der Waals surface area contributed by atoms with E-state index >= 15 is 0 Å². The molecule has 0 rings (SSSR count). The van der Waals surface area contributed by atoms with Crippen LogP contribution >= 0.6 is 0 Å². The minimum atomic E-state index is -0.503. The maximum absolute atomic E-state index is 9.06. The van der Waals surface area contributed by atoms with Gasteiger partial charge in [0.1, 0.15) is 6.61 Å². The van der Waals surface area contributed by atoms with Crippen LogP contribution in [0, 0.1) is 0 Å². The van der Waals surface area contributed by atoms with E-state index in [-0.39, 0.29) is 6.61 Å². The highest BCUT2D eigenvalue weighted by atomic mass is 17.1. The topological polar surface area (TPSA) is 49.7 Å². The van der Waals surface area contributed by atoms with Gasteiger partial charge in [-0.1, -0.05) is 32.6 Å². The highest BCUT2D eigenvalue weighted by molar-refractivity contribution is 4.52. The molecule has 0 radical (unpaired) electrons. The monoisotopic (exact) mass is 162 g/mol. The van der Waals surface area contributed by atoms with Gasteiger partial charge in [-0.25, -0.2) is 4.89 Å². The lowest BCUT2D eigenvalue weighted by molar-refractivity contribution is -0.257. The Kier molecular flexibility index (Phi) is 7.89. The molecule has 0 fully saturated rings. The van der Waals surface area contributed by atoms with E-state index in [0.717, 1.165) is 19.3 Å². The highest BCUT2D eigenvalue weighted by Gasteiger charge is 2.02. The summed E-state index contributed by atoms with van der Waals surface area (Å²) in [6.45, 7) is 2.18. The van der Waals surface area contributed by atoms with E-state index in [1.54, 1.807) is 0 Å². The van der Waals surface area contributed by atoms with Gasteiger partial charge in [0.05, 0.1) is 6.10 Å². The van der Waals surface area contributed by atoms with E-state index in [0.29, 0.717) is 0 Å². The molecule has 1 atom stereocenters. The quantitative estimate of drug-likeness (QED) is 0.341. The molecule has 0 saturated heterocycles. The van der Waals surface area contributed by atoms with E-state index in [1.165, 1.54) is 12.8 Å². The number of aliphatic hydroxyl groups is 1. The Hall–Kier alpha value is -0.120. The summed E-state index contributed by atoms with van der Waals surface area (Å²) in [6.07, 6.45) is 4.80. The zero-order valence-electron chi connectivity index (χ0n) is 7.12. The van der Waals surface area contributed by atoms with Crippen LogP contribution in [0.15, 0.2) is 0 Å². The predicted octanol–water partition coefficient (Wildman–Crippen LogP) is 1.81. The summed E-state index contributed by atoms with van der Waals surface area (Å²) in [5.74, 6) is 0. The molecule has 0 bridgehead atoms. The van der Waals surface area contributed by atoms with Crippen molar-refractivity contribution in [1.29, 1.82) is 0 Å². The maximum Gasteiger partial charge on any atom is 0.108 e. The molecular formula is C8H18O3. The van der Waals surface area contributed by atoms with Crippen molar-refractivity contribution in [3.63, 3.8) is 0 Å². The van der Waals surface area contributed by atoms with Crippen molar-refractivity contribution in [2.75, 3.05) is 6.61 Å². The summed E-state index contributed by atoms with van der Waals surface area (Å²) >= 11 is 0. The van der Waals surface area contributed by atoms with Crippen LogP contribution in [0.4, 0.5) is 0 Å². The molecule has 1 unspecified atom stereocenters. The normalized spacial score (nSPS) is 13.4. The smallest absolute Gasteiger partial charge is 0.108 e. The minimum Gasteiger partial charge on any atom is -0.391 e. The molecule has 3 heteroatoms. The number of aliphatic hydroxyl groups excluding tert-OH is 1. The number of hydrogen-bond acceptors (Lipinski definition) is 3. The van der Waals surface area contributed by atoms with Gasteiger partial charge < -0.3 is 5.11 Å². The second-order valence-corrected chi connectivity index (χ2v) is 2.80. The second kappa shape index (κ2) is 7.98. The SMILES string of the molecule is CCCCCCC(O)COO. The third-order valence-electron chi connectivity index (χ3n) is 1.66. The van der Waals surface area contributed by atoms with Gasteiger partial charge in [-0.2, -0.15) is 0 Å². The first-order valence-electron chi connectivity index (χ1n) is 4.25. The Morgan fingerprint density at radius 1 is 1.27 bits per heavy atom. The van der Waals surface area contributed by atoms with Gasteiger partial charge in [0.25, 0.3) is 0 Å². The first-order valence-corrected chi connectivity index (χ1v) is 4.25. The van der Waals surface area contributed by atoms with Crippen LogP contribution in [0.25, 0.3) is 0 Å². The van der Waals surface area contributed by atoms with Crippen molar-refractivity contribution in [2.24, 2.45) is 0 Å². The lowest BCUT2D eigenvalue weighted by Gasteiger charge is -2.06. The average molecular weight is 162 g/mol. The molecule has 0 spiro atoms. The van der Waals surface area contributed by atoms with Crippen LogP contribution in [0.2, 0.25) is 0 Å². The summed E-state index contributed by atoms with van der Waals surface area (Å²) < 4.78 is 0. The van der Waals surface area contributed by atoms with Gasteiger partial charge in [-0.15, -0.1) is 0 Å². The van der Waals surface area contributed by atoms with Crippen molar-refractivity contribution in [1.82, 2.24) is 0 Å².